The second kappa shape index (κ2) is 8.89. The molecule has 5 nitrogen and oxygen atoms in total. The average molecular weight is 531 g/mol. The standard InChI is InChI=1S/C28H20Cl2N4OS/c1-16-8-11-23-25(17(16)2)31-28-34(23)27(35)24(36-28)12-20-15-33(14-19-9-10-21(29)13-22(19)30)32-26(20)18-6-4-3-5-7-18/h3-13,15H,14H2,1-2H3/b24-12+. The van der Waals surface area contributed by atoms with E-state index in [9.17, 15) is 4.79 Å². The van der Waals surface area contributed by atoms with Gasteiger partial charge in [-0.25, -0.2) is 9.38 Å². The molecule has 0 atom stereocenters. The van der Waals surface area contributed by atoms with E-state index in [1.165, 1.54) is 11.3 Å². The van der Waals surface area contributed by atoms with Crippen molar-refractivity contribution in [2.75, 3.05) is 0 Å². The molecule has 0 radical (unpaired) electrons. The van der Waals surface area contributed by atoms with Crippen LogP contribution < -0.4 is 10.1 Å². The van der Waals surface area contributed by atoms with E-state index in [1.807, 2.05) is 78.5 Å². The first kappa shape index (κ1) is 23.0. The Kier molecular flexibility index (Phi) is 5.67. The zero-order valence-electron chi connectivity index (χ0n) is 19.5. The van der Waals surface area contributed by atoms with Crippen molar-refractivity contribution in [3.8, 4) is 11.3 Å². The second-order valence-corrected chi connectivity index (χ2v) is 10.6. The molecule has 3 aromatic heterocycles. The summed E-state index contributed by atoms with van der Waals surface area (Å²) in [5, 5.41) is 6.03. The number of hydrogen-bond donors (Lipinski definition) is 0. The molecule has 0 amide bonds. The third-order valence-electron chi connectivity index (χ3n) is 6.41. The summed E-state index contributed by atoms with van der Waals surface area (Å²) in [5.41, 5.74) is 7.42. The lowest BCUT2D eigenvalue weighted by Crippen LogP contribution is -2.22. The Bertz CT molecular complexity index is 1890. The molecule has 0 aliphatic carbocycles. The van der Waals surface area contributed by atoms with Crippen LogP contribution in [0.1, 0.15) is 22.3 Å². The summed E-state index contributed by atoms with van der Waals surface area (Å²) < 4.78 is 4.16. The van der Waals surface area contributed by atoms with E-state index in [2.05, 4.69) is 6.92 Å². The summed E-state index contributed by atoms with van der Waals surface area (Å²) >= 11 is 13.9. The third kappa shape index (κ3) is 3.91. The predicted octanol–water partition coefficient (Wildman–Crippen LogP) is 6.29. The molecule has 3 aromatic carbocycles. The molecule has 0 N–H and O–H groups in total. The molecule has 0 fully saturated rings. The Hall–Kier alpha value is -3.45. The van der Waals surface area contributed by atoms with Gasteiger partial charge >= 0.3 is 0 Å². The van der Waals surface area contributed by atoms with Crippen molar-refractivity contribution in [2.24, 2.45) is 0 Å². The molecule has 36 heavy (non-hydrogen) atoms. The molecule has 6 aromatic rings. The minimum Gasteiger partial charge on any atom is -0.267 e. The summed E-state index contributed by atoms with van der Waals surface area (Å²) in [4.78, 5) is 18.9. The van der Waals surface area contributed by atoms with Crippen LogP contribution in [0.15, 0.2) is 71.7 Å². The van der Waals surface area contributed by atoms with Crippen LogP contribution in [0.25, 0.3) is 33.3 Å². The summed E-state index contributed by atoms with van der Waals surface area (Å²) in [6.07, 6.45) is 3.85. The van der Waals surface area contributed by atoms with Crippen molar-refractivity contribution in [2.45, 2.75) is 20.4 Å². The third-order valence-corrected chi connectivity index (χ3v) is 7.96. The maximum atomic E-state index is 13.5. The van der Waals surface area contributed by atoms with Gasteiger partial charge in [-0.05, 0) is 54.8 Å². The summed E-state index contributed by atoms with van der Waals surface area (Å²) in [5.74, 6) is 0. The zero-order chi connectivity index (χ0) is 25.0. The van der Waals surface area contributed by atoms with Gasteiger partial charge < -0.3 is 0 Å². The first-order valence-corrected chi connectivity index (χ1v) is 13.0. The molecule has 0 unspecified atom stereocenters. The molecule has 0 aliphatic rings. The molecule has 0 bridgehead atoms. The highest BCUT2D eigenvalue weighted by Crippen LogP contribution is 2.26. The van der Waals surface area contributed by atoms with Gasteiger partial charge in [0.1, 0.15) is 0 Å². The monoisotopic (exact) mass is 530 g/mol. The molecule has 0 aliphatic heterocycles. The molecule has 0 saturated carbocycles. The van der Waals surface area contributed by atoms with Gasteiger partial charge in [0.15, 0.2) is 4.96 Å². The number of nitrogens with zero attached hydrogens (tertiary/aromatic N) is 4. The van der Waals surface area contributed by atoms with Gasteiger partial charge in [-0.2, -0.15) is 5.10 Å². The number of rotatable bonds is 4. The van der Waals surface area contributed by atoms with E-state index in [4.69, 9.17) is 33.3 Å². The van der Waals surface area contributed by atoms with Crippen LogP contribution in [0.4, 0.5) is 0 Å². The minimum atomic E-state index is -0.0757. The number of imidazole rings is 1. The van der Waals surface area contributed by atoms with Gasteiger partial charge in [0, 0.05) is 27.4 Å². The molecule has 0 saturated heterocycles. The Morgan fingerprint density at radius 2 is 1.83 bits per heavy atom. The van der Waals surface area contributed by atoms with Gasteiger partial charge in [0.05, 0.1) is 27.8 Å². The summed E-state index contributed by atoms with van der Waals surface area (Å²) in [6.45, 7) is 4.57. The second-order valence-electron chi connectivity index (χ2n) is 8.75. The highest BCUT2D eigenvalue weighted by Gasteiger charge is 2.16. The highest BCUT2D eigenvalue weighted by molar-refractivity contribution is 7.15. The van der Waals surface area contributed by atoms with Crippen molar-refractivity contribution in [3.63, 3.8) is 0 Å². The maximum absolute atomic E-state index is 13.5. The van der Waals surface area contributed by atoms with E-state index < -0.39 is 0 Å². The lowest BCUT2D eigenvalue weighted by atomic mass is 10.1. The zero-order valence-corrected chi connectivity index (χ0v) is 21.8. The van der Waals surface area contributed by atoms with Gasteiger partial charge in [-0.1, -0.05) is 77.0 Å². The van der Waals surface area contributed by atoms with Crippen LogP contribution in [0.5, 0.6) is 0 Å². The van der Waals surface area contributed by atoms with Gasteiger partial charge in [0.2, 0.25) is 0 Å². The van der Waals surface area contributed by atoms with Gasteiger partial charge in [-0.15, -0.1) is 0 Å². The van der Waals surface area contributed by atoms with E-state index in [0.717, 1.165) is 44.5 Å². The highest BCUT2D eigenvalue weighted by atomic mass is 35.5. The number of benzene rings is 3. The molecule has 6 rings (SSSR count). The summed E-state index contributed by atoms with van der Waals surface area (Å²) in [6, 6.07) is 19.4. The Balaban J connectivity index is 1.51. The van der Waals surface area contributed by atoms with Crippen molar-refractivity contribution in [1.29, 1.82) is 0 Å². The van der Waals surface area contributed by atoms with Crippen molar-refractivity contribution in [3.05, 3.63) is 114 Å². The molecular weight excluding hydrogens is 511 g/mol. The normalized spacial score (nSPS) is 12.3. The first-order valence-electron chi connectivity index (χ1n) is 11.4. The van der Waals surface area contributed by atoms with Crippen LogP contribution in [0.2, 0.25) is 10.0 Å². The smallest absolute Gasteiger partial charge is 0.267 e. The van der Waals surface area contributed by atoms with E-state index in [0.29, 0.717) is 26.1 Å². The SMILES string of the molecule is Cc1ccc2c(nc3s/c(=C/c4cn(Cc5ccc(Cl)cc5Cl)nc4-c4ccccc4)c(=O)n32)c1C. The Labute approximate surface area is 220 Å². The largest absolute Gasteiger partial charge is 0.274 e. The van der Waals surface area contributed by atoms with Crippen LogP contribution in [0.3, 0.4) is 0 Å². The van der Waals surface area contributed by atoms with Crippen molar-refractivity contribution >= 4 is 56.6 Å². The molecule has 3 heterocycles. The average Bonchev–Trinajstić information content (AvgIpc) is 3.52. The molecule has 8 heteroatoms. The van der Waals surface area contributed by atoms with Crippen molar-refractivity contribution < 1.29 is 0 Å². The topological polar surface area (TPSA) is 52.2 Å². The fourth-order valence-corrected chi connectivity index (χ4v) is 5.81. The maximum Gasteiger partial charge on any atom is 0.274 e. The first-order chi connectivity index (χ1) is 17.4. The lowest BCUT2D eigenvalue weighted by molar-refractivity contribution is 0.689. The summed E-state index contributed by atoms with van der Waals surface area (Å²) in [7, 11) is 0. The Morgan fingerprint density at radius 1 is 1.03 bits per heavy atom. The van der Waals surface area contributed by atoms with Gasteiger partial charge in [0.25, 0.3) is 5.56 Å². The number of thiazole rings is 1. The fourth-order valence-electron chi connectivity index (χ4n) is 4.37. The molecular formula is C28H20Cl2N4OS. The van der Waals surface area contributed by atoms with Crippen LogP contribution >= 0.6 is 34.5 Å². The van der Waals surface area contributed by atoms with E-state index >= 15 is 0 Å². The number of hydrogen-bond acceptors (Lipinski definition) is 4. The lowest BCUT2D eigenvalue weighted by Gasteiger charge is -2.05. The van der Waals surface area contributed by atoms with E-state index in [1.54, 1.807) is 10.5 Å². The van der Waals surface area contributed by atoms with Crippen molar-refractivity contribution in [1.82, 2.24) is 19.2 Å². The number of aryl methyl sites for hydroxylation is 2. The van der Waals surface area contributed by atoms with Gasteiger partial charge in [-0.3, -0.25) is 9.48 Å². The number of halogens is 2. The van der Waals surface area contributed by atoms with E-state index in [-0.39, 0.29) is 5.56 Å². The fraction of sp³-hybridized carbons (Fsp3) is 0.107. The quantitative estimate of drug-likeness (QED) is 0.269. The molecule has 0 spiro atoms. The van der Waals surface area contributed by atoms with Crippen LogP contribution in [-0.2, 0) is 6.54 Å². The minimum absolute atomic E-state index is 0.0757. The Morgan fingerprint density at radius 3 is 2.61 bits per heavy atom. The van der Waals surface area contributed by atoms with Crippen LogP contribution in [-0.4, -0.2) is 19.2 Å². The number of fused-ring (bicyclic) bond motifs is 3. The predicted molar refractivity (Wildman–Crippen MR) is 148 cm³/mol. The van der Waals surface area contributed by atoms with Crippen LogP contribution in [0, 0.1) is 13.8 Å². The molecule has 178 valence electrons. The number of aromatic nitrogens is 4.